The van der Waals surface area contributed by atoms with Crippen molar-refractivity contribution < 1.29 is 9.90 Å². The molecule has 0 bridgehead atoms. The van der Waals surface area contributed by atoms with Crippen molar-refractivity contribution >= 4 is 28.6 Å². The van der Waals surface area contributed by atoms with E-state index in [-0.39, 0.29) is 5.92 Å². The van der Waals surface area contributed by atoms with Gasteiger partial charge in [-0.2, -0.15) is 11.8 Å². The van der Waals surface area contributed by atoms with Crippen molar-refractivity contribution in [2.24, 2.45) is 5.92 Å². The first kappa shape index (κ1) is 14.9. The molecule has 1 atom stereocenters. The molecular formula is C16H19NO2S. The van der Waals surface area contributed by atoms with Crippen LogP contribution in [0.15, 0.2) is 36.5 Å². The molecule has 1 unspecified atom stereocenters. The first-order valence-electron chi connectivity index (χ1n) is 6.75. The summed E-state index contributed by atoms with van der Waals surface area (Å²) in [6, 6.07) is 9.85. The summed E-state index contributed by atoms with van der Waals surface area (Å²) in [4.78, 5) is 15.8. The van der Waals surface area contributed by atoms with Gasteiger partial charge in [0.1, 0.15) is 0 Å². The van der Waals surface area contributed by atoms with Crippen LogP contribution in [0.3, 0.4) is 0 Å². The quantitative estimate of drug-likeness (QED) is 0.882. The van der Waals surface area contributed by atoms with Gasteiger partial charge < -0.3 is 5.11 Å². The smallest absolute Gasteiger partial charge is 0.307 e. The van der Waals surface area contributed by atoms with E-state index in [2.05, 4.69) is 18.8 Å². The van der Waals surface area contributed by atoms with Crippen molar-refractivity contribution in [1.82, 2.24) is 4.98 Å². The number of hydrogen-bond donors (Lipinski definition) is 1. The zero-order valence-corrected chi connectivity index (χ0v) is 12.6. The third-order valence-corrected chi connectivity index (χ3v) is 4.42. The van der Waals surface area contributed by atoms with Gasteiger partial charge in [0.25, 0.3) is 0 Å². The monoisotopic (exact) mass is 289 g/mol. The fourth-order valence-electron chi connectivity index (χ4n) is 2.12. The minimum atomic E-state index is -0.730. The van der Waals surface area contributed by atoms with E-state index in [1.807, 2.05) is 30.3 Å². The van der Waals surface area contributed by atoms with E-state index < -0.39 is 5.97 Å². The lowest BCUT2D eigenvalue weighted by Crippen LogP contribution is -2.20. The Kier molecular flexibility index (Phi) is 5.01. The van der Waals surface area contributed by atoms with Gasteiger partial charge in [0.05, 0.1) is 11.4 Å². The van der Waals surface area contributed by atoms with Crippen molar-refractivity contribution in [1.29, 1.82) is 0 Å². The SMILES string of the molecule is CC(C)SCC(Cc1cccc2cccnc12)C(=O)O. The lowest BCUT2D eigenvalue weighted by Gasteiger charge is -2.14. The second-order valence-corrected chi connectivity index (χ2v) is 6.72. The van der Waals surface area contributed by atoms with E-state index >= 15 is 0 Å². The molecule has 3 nitrogen and oxygen atoms in total. The van der Waals surface area contributed by atoms with Crippen molar-refractivity contribution in [2.75, 3.05) is 5.75 Å². The van der Waals surface area contributed by atoms with Crippen LogP contribution in [0.4, 0.5) is 0 Å². The van der Waals surface area contributed by atoms with Crippen LogP contribution in [-0.4, -0.2) is 27.1 Å². The van der Waals surface area contributed by atoms with Crippen LogP contribution in [0.5, 0.6) is 0 Å². The van der Waals surface area contributed by atoms with Crippen molar-refractivity contribution in [2.45, 2.75) is 25.5 Å². The first-order valence-corrected chi connectivity index (χ1v) is 7.80. The van der Waals surface area contributed by atoms with Gasteiger partial charge in [0.2, 0.25) is 0 Å². The maximum absolute atomic E-state index is 11.4. The Morgan fingerprint density at radius 2 is 2.05 bits per heavy atom. The number of rotatable bonds is 6. The highest BCUT2D eigenvalue weighted by Gasteiger charge is 2.20. The summed E-state index contributed by atoms with van der Waals surface area (Å²) in [6.45, 7) is 4.17. The molecule has 0 aliphatic heterocycles. The standard InChI is InChI=1S/C16H19NO2S/c1-11(2)20-10-14(16(18)19)9-13-6-3-5-12-7-4-8-17-15(12)13/h3-8,11,14H,9-10H2,1-2H3,(H,18,19). The Hall–Kier alpha value is -1.55. The molecule has 2 rings (SSSR count). The summed E-state index contributed by atoms with van der Waals surface area (Å²) in [5.74, 6) is -0.461. The van der Waals surface area contributed by atoms with Crippen LogP contribution in [0.2, 0.25) is 0 Å². The summed E-state index contributed by atoms with van der Waals surface area (Å²) >= 11 is 1.69. The molecule has 0 spiro atoms. The van der Waals surface area contributed by atoms with Crippen LogP contribution in [-0.2, 0) is 11.2 Å². The average Bonchev–Trinajstić information content (AvgIpc) is 2.43. The fraction of sp³-hybridized carbons (Fsp3) is 0.375. The molecule has 0 aliphatic rings. The van der Waals surface area contributed by atoms with Gasteiger partial charge in [-0.1, -0.05) is 38.1 Å². The Balaban J connectivity index is 2.22. The molecule has 106 valence electrons. The fourth-order valence-corrected chi connectivity index (χ4v) is 3.00. The van der Waals surface area contributed by atoms with Gasteiger partial charge in [-0.15, -0.1) is 0 Å². The van der Waals surface area contributed by atoms with Crippen molar-refractivity contribution in [3.05, 3.63) is 42.1 Å². The van der Waals surface area contributed by atoms with E-state index in [0.717, 1.165) is 16.5 Å². The number of aromatic nitrogens is 1. The largest absolute Gasteiger partial charge is 0.481 e. The average molecular weight is 289 g/mol. The minimum absolute atomic E-state index is 0.366. The third-order valence-electron chi connectivity index (χ3n) is 3.16. The number of carboxylic acids is 1. The number of carboxylic acid groups (broad SMARTS) is 1. The summed E-state index contributed by atoms with van der Waals surface area (Å²) < 4.78 is 0. The summed E-state index contributed by atoms with van der Waals surface area (Å²) in [6.07, 6.45) is 2.29. The Morgan fingerprint density at radius 3 is 2.75 bits per heavy atom. The van der Waals surface area contributed by atoms with Crippen LogP contribution >= 0.6 is 11.8 Å². The summed E-state index contributed by atoms with van der Waals surface area (Å²) in [7, 11) is 0. The van der Waals surface area contributed by atoms with E-state index in [4.69, 9.17) is 0 Å². The van der Waals surface area contributed by atoms with Crippen molar-refractivity contribution in [3.63, 3.8) is 0 Å². The zero-order valence-electron chi connectivity index (χ0n) is 11.7. The molecule has 4 heteroatoms. The predicted octanol–water partition coefficient (Wildman–Crippen LogP) is 3.62. The molecule has 1 aromatic heterocycles. The molecule has 0 radical (unpaired) electrons. The van der Waals surface area contributed by atoms with Crippen LogP contribution in [0.25, 0.3) is 10.9 Å². The molecule has 0 saturated heterocycles. The highest BCUT2D eigenvalue weighted by Crippen LogP contribution is 2.22. The molecule has 1 heterocycles. The van der Waals surface area contributed by atoms with Gasteiger partial charge in [0, 0.05) is 17.3 Å². The summed E-state index contributed by atoms with van der Waals surface area (Å²) in [5, 5.41) is 10.9. The van der Waals surface area contributed by atoms with Gasteiger partial charge in [-0.05, 0) is 23.3 Å². The second-order valence-electron chi connectivity index (χ2n) is 5.11. The number of aliphatic carboxylic acids is 1. The first-order chi connectivity index (χ1) is 9.58. The van der Waals surface area contributed by atoms with E-state index in [0.29, 0.717) is 17.4 Å². The Morgan fingerprint density at radius 1 is 1.30 bits per heavy atom. The number of pyridine rings is 1. The van der Waals surface area contributed by atoms with Gasteiger partial charge in [0.15, 0.2) is 0 Å². The number of hydrogen-bond acceptors (Lipinski definition) is 3. The molecule has 1 aromatic carbocycles. The zero-order chi connectivity index (χ0) is 14.5. The van der Waals surface area contributed by atoms with E-state index in [9.17, 15) is 9.90 Å². The lowest BCUT2D eigenvalue weighted by atomic mass is 9.99. The van der Waals surface area contributed by atoms with Gasteiger partial charge >= 0.3 is 5.97 Å². The highest BCUT2D eigenvalue weighted by atomic mass is 32.2. The third kappa shape index (κ3) is 3.73. The molecule has 0 aliphatic carbocycles. The number of fused-ring (bicyclic) bond motifs is 1. The number of carbonyl (C=O) groups is 1. The minimum Gasteiger partial charge on any atom is -0.481 e. The van der Waals surface area contributed by atoms with Gasteiger partial charge in [-0.25, -0.2) is 0 Å². The lowest BCUT2D eigenvalue weighted by molar-refractivity contribution is -0.140. The predicted molar refractivity (Wildman–Crippen MR) is 84.2 cm³/mol. The van der Waals surface area contributed by atoms with Crippen LogP contribution < -0.4 is 0 Å². The maximum atomic E-state index is 11.4. The highest BCUT2D eigenvalue weighted by molar-refractivity contribution is 7.99. The molecule has 0 fully saturated rings. The Bertz CT molecular complexity index is 593. The van der Waals surface area contributed by atoms with E-state index in [1.54, 1.807) is 18.0 Å². The van der Waals surface area contributed by atoms with Crippen molar-refractivity contribution in [3.8, 4) is 0 Å². The molecule has 0 saturated carbocycles. The second kappa shape index (κ2) is 6.75. The molecular weight excluding hydrogens is 270 g/mol. The molecule has 2 aromatic rings. The van der Waals surface area contributed by atoms with Gasteiger partial charge in [-0.3, -0.25) is 9.78 Å². The van der Waals surface area contributed by atoms with Crippen LogP contribution in [0.1, 0.15) is 19.4 Å². The Labute approximate surface area is 123 Å². The summed E-state index contributed by atoms with van der Waals surface area (Å²) in [5.41, 5.74) is 1.93. The number of para-hydroxylation sites is 1. The van der Waals surface area contributed by atoms with E-state index in [1.165, 1.54) is 0 Å². The normalized spacial score (nSPS) is 12.8. The van der Waals surface area contributed by atoms with Crippen LogP contribution in [0, 0.1) is 5.92 Å². The number of benzene rings is 1. The maximum Gasteiger partial charge on any atom is 0.307 e. The molecule has 20 heavy (non-hydrogen) atoms. The molecule has 1 N–H and O–H groups in total. The number of nitrogens with zero attached hydrogens (tertiary/aromatic N) is 1. The number of thioether (sulfide) groups is 1. The topological polar surface area (TPSA) is 50.2 Å². The molecule has 0 amide bonds.